The molecule has 1 aliphatic rings. The van der Waals surface area contributed by atoms with Crippen molar-refractivity contribution in [2.24, 2.45) is 17.6 Å². The van der Waals surface area contributed by atoms with Gasteiger partial charge in [0.1, 0.15) is 5.02 Å². The number of anilines is 1. The average Bonchev–Trinajstić information content (AvgIpc) is 2.78. The molecule has 0 saturated heterocycles. The van der Waals surface area contributed by atoms with Gasteiger partial charge in [0.25, 0.3) is 5.56 Å². The van der Waals surface area contributed by atoms with E-state index in [2.05, 4.69) is 15.3 Å². The third-order valence-corrected chi connectivity index (χ3v) is 3.80. The second kappa shape index (κ2) is 5.51. The van der Waals surface area contributed by atoms with Gasteiger partial charge in [-0.2, -0.15) is 0 Å². The molecule has 5 nitrogen and oxygen atoms in total. The SMILES string of the molecule is NCC1CCCC1CNc1nc[nH]c(=O)c1Cl. The first-order valence-corrected chi connectivity index (χ1v) is 6.27. The Morgan fingerprint density at radius 2 is 2.29 bits per heavy atom. The molecule has 1 saturated carbocycles. The lowest BCUT2D eigenvalue weighted by Crippen LogP contribution is -2.25. The summed E-state index contributed by atoms with van der Waals surface area (Å²) in [5.41, 5.74) is 5.41. The van der Waals surface area contributed by atoms with Gasteiger partial charge in [0, 0.05) is 6.54 Å². The number of nitrogens with zero attached hydrogens (tertiary/aromatic N) is 1. The van der Waals surface area contributed by atoms with E-state index in [0.29, 0.717) is 17.7 Å². The van der Waals surface area contributed by atoms with Crippen molar-refractivity contribution in [2.45, 2.75) is 19.3 Å². The summed E-state index contributed by atoms with van der Waals surface area (Å²) in [7, 11) is 0. The van der Waals surface area contributed by atoms with Crippen LogP contribution in [0.25, 0.3) is 0 Å². The van der Waals surface area contributed by atoms with Crippen molar-refractivity contribution in [2.75, 3.05) is 18.4 Å². The molecular formula is C11H17ClN4O. The Hall–Kier alpha value is -1.07. The van der Waals surface area contributed by atoms with E-state index >= 15 is 0 Å². The molecule has 1 aliphatic carbocycles. The molecule has 1 heterocycles. The van der Waals surface area contributed by atoms with Crippen LogP contribution >= 0.6 is 11.6 Å². The highest BCUT2D eigenvalue weighted by molar-refractivity contribution is 6.32. The van der Waals surface area contributed by atoms with Crippen molar-refractivity contribution in [3.05, 3.63) is 21.7 Å². The molecule has 2 atom stereocenters. The number of hydrogen-bond donors (Lipinski definition) is 3. The summed E-state index contributed by atoms with van der Waals surface area (Å²) >= 11 is 5.86. The summed E-state index contributed by atoms with van der Waals surface area (Å²) < 4.78 is 0. The van der Waals surface area contributed by atoms with Crippen molar-refractivity contribution in [1.82, 2.24) is 9.97 Å². The second-order valence-corrected chi connectivity index (χ2v) is 4.84. The zero-order chi connectivity index (χ0) is 12.3. The number of hydrogen-bond acceptors (Lipinski definition) is 4. The quantitative estimate of drug-likeness (QED) is 0.756. The molecule has 1 aromatic heterocycles. The topological polar surface area (TPSA) is 83.8 Å². The number of H-pyrrole nitrogens is 1. The minimum atomic E-state index is -0.314. The van der Waals surface area contributed by atoms with E-state index in [1.54, 1.807) is 0 Å². The first-order valence-electron chi connectivity index (χ1n) is 5.89. The molecular weight excluding hydrogens is 240 g/mol. The van der Waals surface area contributed by atoms with Gasteiger partial charge in [0.05, 0.1) is 6.33 Å². The Labute approximate surface area is 105 Å². The van der Waals surface area contributed by atoms with Gasteiger partial charge >= 0.3 is 0 Å². The van der Waals surface area contributed by atoms with Gasteiger partial charge in [0.15, 0.2) is 5.82 Å². The molecule has 17 heavy (non-hydrogen) atoms. The molecule has 2 rings (SSSR count). The minimum Gasteiger partial charge on any atom is -0.368 e. The highest BCUT2D eigenvalue weighted by atomic mass is 35.5. The third kappa shape index (κ3) is 2.79. The molecule has 94 valence electrons. The number of rotatable bonds is 4. The van der Waals surface area contributed by atoms with Crippen LogP contribution in [0.15, 0.2) is 11.1 Å². The molecule has 0 spiro atoms. The summed E-state index contributed by atoms with van der Waals surface area (Å²) in [6.45, 7) is 1.50. The molecule has 2 unspecified atom stereocenters. The number of nitrogens with one attached hydrogen (secondary N) is 2. The van der Waals surface area contributed by atoms with Gasteiger partial charge < -0.3 is 16.0 Å². The fourth-order valence-electron chi connectivity index (χ4n) is 2.43. The van der Waals surface area contributed by atoms with E-state index in [-0.39, 0.29) is 10.6 Å². The van der Waals surface area contributed by atoms with Crippen LogP contribution in [-0.4, -0.2) is 23.1 Å². The second-order valence-electron chi connectivity index (χ2n) is 4.46. The number of nitrogens with two attached hydrogens (primary N) is 1. The third-order valence-electron chi connectivity index (χ3n) is 3.45. The monoisotopic (exact) mass is 256 g/mol. The first kappa shape index (κ1) is 12.4. The minimum absolute atomic E-state index is 0.120. The summed E-state index contributed by atoms with van der Waals surface area (Å²) in [4.78, 5) is 17.7. The van der Waals surface area contributed by atoms with Crippen molar-refractivity contribution in [1.29, 1.82) is 0 Å². The van der Waals surface area contributed by atoms with Crippen LogP contribution in [0.2, 0.25) is 5.02 Å². The molecule has 1 aromatic rings. The molecule has 0 bridgehead atoms. The van der Waals surface area contributed by atoms with E-state index in [0.717, 1.165) is 13.1 Å². The predicted molar refractivity (Wildman–Crippen MR) is 68.2 cm³/mol. The maximum atomic E-state index is 11.3. The van der Waals surface area contributed by atoms with Crippen LogP contribution in [0.5, 0.6) is 0 Å². The largest absolute Gasteiger partial charge is 0.368 e. The van der Waals surface area contributed by atoms with Gasteiger partial charge in [-0.3, -0.25) is 4.79 Å². The summed E-state index contributed by atoms with van der Waals surface area (Å²) in [5, 5.41) is 3.26. The van der Waals surface area contributed by atoms with Gasteiger partial charge in [-0.05, 0) is 31.2 Å². The van der Waals surface area contributed by atoms with Crippen LogP contribution in [0.4, 0.5) is 5.82 Å². The maximum Gasteiger partial charge on any atom is 0.271 e. The zero-order valence-corrected chi connectivity index (χ0v) is 10.3. The van der Waals surface area contributed by atoms with E-state index in [9.17, 15) is 4.79 Å². The van der Waals surface area contributed by atoms with E-state index in [1.165, 1.54) is 25.6 Å². The van der Waals surface area contributed by atoms with Crippen LogP contribution in [0.1, 0.15) is 19.3 Å². The number of aromatic amines is 1. The lowest BCUT2D eigenvalue weighted by atomic mass is 9.96. The first-order chi connectivity index (χ1) is 8.22. The van der Waals surface area contributed by atoms with Crippen molar-refractivity contribution >= 4 is 17.4 Å². The van der Waals surface area contributed by atoms with Crippen LogP contribution in [-0.2, 0) is 0 Å². The average molecular weight is 257 g/mol. The van der Waals surface area contributed by atoms with Gasteiger partial charge in [-0.25, -0.2) is 4.98 Å². The Morgan fingerprint density at radius 3 is 3.06 bits per heavy atom. The van der Waals surface area contributed by atoms with Gasteiger partial charge in [0.2, 0.25) is 0 Å². The molecule has 4 N–H and O–H groups in total. The smallest absolute Gasteiger partial charge is 0.271 e. The molecule has 1 fully saturated rings. The summed E-state index contributed by atoms with van der Waals surface area (Å²) in [6, 6.07) is 0. The Morgan fingerprint density at radius 1 is 1.53 bits per heavy atom. The fourth-order valence-corrected chi connectivity index (χ4v) is 2.60. The van der Waals surface area contributed by atoms with E-state index in [1.807, 2.05) is 0 Å². The van der Waals surface area contributed by atoms with Crippen LogP contribution in [0, 0.1) is 11.8 Å². The Bertz CT molecular complexity index is 434. The molecule has 0 amide bonds. The highest BCUT2D eigenvalue weighted by Crippen LogP contribution is 2.31. The molecule has 0 radical (unpaired) electrons. The van der Waals surface area contributed by atoms with Crippen molar-refractivity contribution in [3.63, 3.8) is 0 Å². The lowest BCUT2D eigenvalue weighted by molar-refractivity contribution is 0.414. The fraction of sp³-hybridized carbons (Fsp3) is 0.636. The van der Waals surface area contributed by atoms with E-state index < -0.39 is 0 Å². The van der Waals surface area contributed by atoms with Crippen molar-refractivity contribution in [3.8, 4) is 0 Å². The maximum absolute atomic E-state index is 11.3. The van der Waals surface area contributed by atoms with Gasteiger partial charge in [-0.15, -0.1) is 0 Å². The number of aromatic nitrogens is 2. The standard InChI is InChI=1S/C11H17ClN4O/c12-9-10(15-6-16-11(9)17)14-5-8-3-1-2-7(8)4-13/h6-8H,1-5,13H2,(H2,14,15,16,17). The summed E-state index contributed by atoms with van der Waals surface area (Å²) in [6.07, 6.45) is 4.95. The highest BCUT2D eigenvalue weighted by Gasteiger charge is 2.25. The Kier molecular flexibility index (Phi) is 4.02. The zero-order valence-electron chi connectivity index (χ0n) is 9.58. The normalized spacial score (nSPS) is 23.9. The van der Waals surface area contributed by atoms with Gasteiger partial charge in [-0.1, -0.05) is 18.0 Å². The molecule has 6 heteroatoms. The predicted octanol–water partition coefficient (Wildman–Crippen LogP) is 1.21. The van der Waals surface area contributed by atoms with Crippen molar-refractivity contribution < 1.29 is 0 Å². The molecule has 0 aromatic carbocycles. The molecule has 0 aliphatic heterocycles. The van der Waals surface area contributed by atoms with E-state index in [4.69, 9.17) is 17.3 Å². The number of halogens is 1. The lowest BCUT2D eigenvalue weighted by Gasteiger charge is -2.18. The Balaban J connectivity index is 1.98. The van der Waals surface area contributed by atoms with Crippen LogP contribution < -0.4 is 16.6 Å². The van der Waals surface area contributed by atoms with Crippen LogP contribution in [0.3, 0.4) is 0 Å². The summed E-state index contributed by atoms with van der Waals surface area (Å²) in [5.74, 6) is 1.58.